The molecule has 0 aromatic heterocycles. The summed E-state index contributed by atoms with van der Waals surface area (Å²) in [4.78, 5) is 29.0. The zero-order chi connectivity index (χ0) is 29.8. The summed E-state index contributed by atoms with van der Waals surface area (Å²) in [5.74, 6) is -0.560. The van der Waals surface area contributed by atoms with E-state index in [1.807, 2.05) is 43.3 Å². The molecule has 0 radical (unpaired) electrons. The molecule has 0 aliphatic heterocycles. The van der Waals surface area contributed by atoms with E-state index in [-0.39, 0.29) is 37.7 Å². The van der Waals surface area contributed by atoms with Gasteiger partial charge in [-0.1, -0.05) is 91.1 Å². The van der Waals surface area contributed by atoms with Crippen LogP contribution in [-0.2, 0) is 32.6 Å². The van der Waals surface area contributed by atoms with Gasteiger partial charge in [0.25, 0.3) is 0 Å². The Morgan fingerprint density at radius 3 is 2.07 bits per heavy atom. The van der Waals surface area contributed by atoms with Crippen molar-refractivity contribution >= 4 is 50.7 Å². The highest BCUT2D eigenvalue weighted by Gasteiger charge is 2.31. The first kappa shape index (κ1) is 32.4. The number of nitrogens with one attached hydrogen (secondary N) is 1. The molecule has 0 heterocycles. The van der Waals surface area contributed by atoms with Gasteiger partial charge in [0.15, 0.2) is 0 Å². The number of para-hydroxylation sites is 1. The molecule has 10 heteroatoms. The second-order valence-electron chi connectivity index (χ2n) is 9.85. The van der Waals surface area contributed by atoms with E-state index in [0.717, 1.165) is 24.7 Å². The van der Waals surface area contributed by atoms with Gasteiger partial charge >= 0.3 is 0 Å². The lowest BCUT2D eigenvalue weighted by atomic mass is 10.0. The van der Waals surface area contributed by atoms with Crippen LogP contribution in [0.15, 0.2) is 78.9 Å². The van der Waals surface area contributed by atoms with Gasteiger partial charge in [0.2, 0.25) is 21.8 Å². The summed E-state index contributed by atoms with van der Waals surface area (Å²) in [6, 6.07) is 22.6. The molecule has 1 N–H and O–H groups in total. The van der Waals surface area contributed by atoms with Crippen LogP contribution < -0.4 is 9.62 Å². The van der Waals surface area contributed by atoms with E-state index >= 15 is 0 Å². The predicted octanol–water partition coefficient (Wildman–Crippen LogP) is 6.10. The average Bonchev–Trinajstić information content (AvgIpc) is 2.94. The molecule has 220 valence electrons. The van der Waals surface area contributed by atoms with E-state index in [0.29, 0.717) is 34.3 Å². The molecule has 0 aliphatic rings. The average molecular weight is 619 g/mol. The van der Waals surface area contributed by atoms with Crippen molar-refractivity contribution in [3.63, 3.8) is 0 Å². The molecule has 7 nitrogen and oxygen atoms in total. The van der Waals surface area contributed by atoms with Crippen molar-refractivity contribution in [1.29, 1.82) is 0 Å². The van der Waals surface area contributed by atoms with Gasteiger partial charge in [-0.05, 0) is 42.7 Å². The van der Waals surface area contributed by atoms with Gasteiger partial charge in [-0.25, -0.2) is 8.42 Å². The first-order valence-corrected chi connectivity index (χ1v) is 16.3. The fourth-order valence-corrected chi connectivity index (χ4v) is 5.99. The molecular formula is C31H37Cl2N3O4S. The number of nitrogens with zero attached hydrogens (tertiary/aromatic N) is 2. The minimum Gasteiger partial charge on any atom is -0.354 e. The van der Waals surface area contributed by atoms with Gasteiger partial charge in [0.1, 0.15) is 6.04 Å². The Balaban J connectivity index is 1.91. The molecule has 0 bridgehead atoms. The molecule has 0 spiro atoms. The lowest BCUT2D eigenvalue weighted by Crippen LogP contribution is -2.50. The van der Waals surface area contributed by atoms with Crippen molar-refractivity contribution in [2.75, 3.05) is 23.7 Å². The van der Waals surface area contributed by atoms with E-state index in [2.05, 4.69) is 5.32 Å². The van der Waals surface area contributed by atoms with Gasteiger partial charge < -0.3 is 10.2 Å². The number of amides is 2. The number of rotatable bonds is 15. The number of carbonyl (C=O) groups is 2. The van der Waals surface area contributed by atoms with Crippen molar-refractivity contribution in [2.24, 2.45) is 0 Å². The van der Waals surface area contributed by atoms with E-state index in [1.54, 1.807) is 42.5 Å². The minimum absolute atomic E-state index is 0.0223. The molecule has 0 fully saturated rings. The smallest absolute Gasteiger partial charge is 0.243 e. The van der Waals surface area contributed by atoms with Crippen LogP contribution in [0.5, 0.6) is 0 Å². The summed E-state index contributed by atoms with van der Waals surface area (Å²) in [7, 11) is -3.57. The number of hydrogen-bond donors (Lipinski definition) is 1. The van der Waals surface area contributed by atoms with Crippen molar-refractivity contribution in [1.82, 2.24) is 10.2 Å². The molecule has 1 atom stereocenters. The summed E-state index contributed by atoms with van der Waals surface area (Å²) in [6.07, 6.45) is 3.45. The van der Waals surface area contributed by atoms with Crippen LogP contribution >= 0.6 is 23.2 Å². The molecule has 3 aromatic carbocycles. The lowest BCUT2D eigenvalue weighted by Gasteiger charge is -2.32. The molecule has 3 rings (SSSR count). The van der Waals surface area contributed by atoms with E-state index in [1.165, 1.54) is 9.21 Å². The Bertz CT molecular complexity index is 1370. The molecule has 0 unspecified atom stereocenters. The Kier molecular flexibility index (Phi) is 12.5. The second kappa shape index (κ2) is 15.8. The summed E-state index contributed by atoms with van der Waals surface area (Å²) in [5.41, 5.74) is 1.98. The van der Waals surface area contributed by atoms with E-state index in [9.17, 15) is 18.0 Å². The fourth-order valence-electron chi connectivity index (χ4n) is 4.51. The summed E-state index contributed by atoms with van der Waals surface area (Å²) in [5, 5.41) is 3.78. The zero-order valence-electron chi connectivity index (χ0n) is 23.4. The minimum atomic E-state index is -3.57. The van der Waals surface area contributed by atoms with Crippen molar-refractivity contribution < 1.29 is 18.0 Å². The highest BCUT2D eigenvalue weighted by atomic mass is 35.5. The standard InChI is InChI=1S/C31H37Cl2N3O4S/c1-3-4-20-34-31(38)29(22-24-13-7-5-8-14-24)35(23-26-27(32)17-11-18-28(26)33)30(37)19-12-21-36(41(2,39)40)25-15-9-6-10-16-25/h5-11,13-18,29H,3-4,12,19-23H2,1-2H3,(H,34,38)/t29-/m1/s1. The van der Waals surface area contributed by atoms with E-state index in [4.69, 9.17) is 23.2 Å². The van der Waals surface area contributed by atoms with Gasteiger partial charge in [-0.2, -0.15) is 0 Å². The monoisotopic (exact) mass is 617 g/mol. The zero-order valence-corrected chi connectivity index (χ0v) is 25.8. The molecular weight excluding hydrogens is 581 g/mol. The highest BCUT2D eigenvalue weighted by Crippen LogP contribution is 2.28. The molecule has 0 aliphatic carbocycles. The fraction of sp³-hybridized carbons (Fsp3) is 0.355. The lowest BCUT2D eigenvalue weighted by molar-refractivity contribution is -0.141. The quantitative estimate of drug-likeness (QED) is 0.209. The molecule has 3 aromatic rings. The van der Waals surface area contributed by atoms with Crippen LogP contribution in [0.4, 0.5) is 5.69 Å². The first-order chi connectivity index (χ1) is 19.6. The maximum absolute atomic E-state index is 13.9. The van der Waals surface area contributed by atoms with Crippen LogP contribution in [-0.4, -0.2) is 50.5 Å². The van der Waals surface area contributed by atoms with Crippen molar-refractivity contribution in [2.45, 2.75) is 51.6 Å². The van der Waals surface area contributed by atoms with Crippen LogP contribution in [0.25, 0.3) is 0 Å². The number of anilines is 1. The van der Waals surface area contributed by atoms with Gasteiger partial charge in [0.05, 0.1) is 11.9 Å². The maximum atomic E-state index is 13.9. The van der Waals surface area contributed by atoms with Crippen LogP contribution in [0, 0.1) is 0 Å². The van der Waals surface area contributed by atoms with Crippen molar-refractivity contribution in [3.05, 3.63) is 100 Å². The maximum Gasteiger partial charge on any atom is 0.243 e. The number of hydrogen-bond acceptors (Lipinski definition) is 4. The number of benzene rings is 3. The Morgan fingerprint density at radius 1 is 0.878 bits per heavy atom. The Labute approximate surface area is 253 Å². The van der Waals surface area contributed by atoms with Gasteiger partial charge in [-0.3, -0.25) is 13.9 Å². The molecule has 0 saturated carbocycles. The normalized spacial score (nSPS) is 12.0. The molecule has 41 heavy (non-hydrogen) atoms. The van der Waals surface area contributed by atoms with Crippen molar-refractivity contribution in [3.8, 4) is 0 Å². The van der Waals surface area contributed by atoms with Gasteiger partial charge in [0, 0.05) is 48.1 Å². The largest absolute Gasteiger partial charge is 0.354 e. The second-order valence-corrected chi connectivity index (χ2v) is 12.6. The van der Waals surface area contributed by atoms with Gasteiger partial charge in [-0.15, -0.1) is 0 Å². The predicted molar refractivity (Wildman–Crippen MR) is 167 cm³/mol. The van der Waals surface area contributed by atoms with Crippen LogP contribution in [0.2, 0.25) is 10.0 Å². The number of halogens is 2. The first-order valence-electron chi connectivity index (χ1n) is 13.7. The van der Waals surface area contributed by atoms with E-state index < -0.39 is 16.1 Å². The van der Waals surface area contributed by atoms with Crippen LogP contribution in [0.3, 0.4) is 0 Å². The third-order valence-electron chi connectivity index (χ3n) is 6.69. The SMILES string of the molecule is CCCCNC(=O)[C@@H](Cc1ccccc1)N(Cc1c(Cl)cccc1Cl)C(=O)CCCN(c1ccccc1)S(C)(=O)=O. The Morgan fingerprint density at radius 2 is 1.49 bits per heavy atom. The summed E-state index contributed by atoms with van der Waals surface area (Å²) < 4.78 is 26.3. The number of sulfonamides is 1. The third-order valence-corrected chi connectivity index (χ3v) is 8.59. The summed E-state index contributed by atoms with van der Waals surface area (Å²) in [6.45, 7) is 2.68. The van der Waals surface area contributed by atoms with Crippen LogP contribution in [0.1, 0.15) is 43.7 Å². The summed E-state index contributed by atoms with van der Waals surface area (Å²) >= 11 is 13.0. The highest BCUT2D eigenvalue weighted by molar-refractivity contribution is 7.92. The molecule has 0 saturated heterocycles. The number of unbranched alkanes of at least 4 members (excludes halogenated alkanes) is 1. The topological polar surface area (TPSA) is 86.8 Å². The Hall–Kier alpha value is -3.07. The third kappa shape index (κ3) is 9.76. The molecule has 2 amide bonds. The number of carbonyl (C=O) groups excluding carboxylic acids is 2.